The van der Waals surface area contributed by atoms with Gasteiger partial charge < -0.3 is 20.6 Å². The molecule has 0 aliphatic rings. The van der Waals surface area contributed by atoms with Gasteiger partial charge in [0.2, 0.25) is 0 Å². The summed E-state index contributed by atoms with van der Waals surface area (Å²) in [5.74, 6) is -3.35. The van der Waals surface area contributed by atoms with Crippen LogP contribution in [0.1, 0.15) is 26.4 Å². The van der Waals surface area contributed by atoms with Crippen LogP contribution < -0.4 is 5.32 Å². The lowest BCUT2D eigenvalue weighted by Crippen LogP contribution is -2.48. The summed E-state index contributed by atoms with van der Waals surface area (Å²) in [4.78, 5) is 37.7. The first kappa shape index (κ1) is 18.1. The molecule has 0 fully saturated rings. The number of aromatic nitrogens is 1. The molecule has 2 atom stereocenters. The van der Waals surface area contributed by atoms with Crippen LogP contribution in [-0.4, -0.2) is 50.3 Å². The minimum absolute atomic E-state index is 0.0562. The number of carbonyl (C=O) groups excluding carboxylic acids is 1. The monoisotopic (exact) mass is 344 g/mol. The lowest BCUT2D eigenvalue weighted by atomic mass is 10.0. The maximum absolute atomic E-state index is 12.3. The molecule has 1 aromatic heterocycles. The van der Waals surface area contributed by atoms with E-state index < -0.39 is 30.0 Å². The minimum atomic E-state index is -1.80. The van der Waals surface area contributed by atoms with Crippen molar-refractivity contribution in [2.45, 2.75) is 18.6 Å². The fourth-order valence-corrected chi connectivity index (χ4v) is 2.19. The standard InChI is InChI=1S/C17H16N2O6/c20-14(17(24)25)13(8-10-4-2-1-3-5-10)19-15(21)11-6-7-12(16(22)23)18-9-11/h1-7,9,13-14,20H,8H2,(H,19,21)(H,22,23)(H,24,25)/t13?,14-/m1/s1. The number of nitrogens with zero attached hydrogens (tertiary/aromatic N) is 1. The number of rotatable bonds is 7. The maximum Gasteiger partial charge on any atom is 0.354 e. The quantitative estimate of drug-likeness (QED) is 0.576. The Morgan fingerprint density at radius 1 is 1.04 bits per heavy atom. The number of amides is 1. The van der Waals surface area contributed by atoms with E-state index in [1.807, 2.05) is 0 Å². The third-order valence-electron chi connectivity index (χ3n) is 3.49. The van der Waals surface area contributed by atoms with Crippen LogP contribution in [0.4, 0.5) is 0 Å². The molecular formula is C17H16N2O6. The second-order valence-corrected chi connectivity index (χ2v) is 5.29. The Labute approximate surface area is 142 Å². The zero-order valence-corrected chi connectivity index (χ0v) is 13.0. The van der Waals surface area contributed by atoms with Gasteiger partial charge >= 0.3 is 11.9 Å². The Kier molecular flexibility index (Phi) is 5.80. The zero-order valence-electron chi connectivity index (χ0n) is 13.0. The van der Waals surface area contributed by atoms with Crippen LogP contribution in [0, 0.1) is 0 Å². The van der Waals surface area contributed by atoms with Crippen molar-refractivity contribution in [1.29, 1.82) is 0 Å². The molecule has 0 saturated heterocycles. The van der Waals surface area contributed by atoms with Gasteiger partial charge in [0.1, 0.15) is 5.69 Å². The number of aliphatic hydroxyl groups is 1. The third kappa shape index (κ3) is 4.85. The molecule has 2 aromatic rings. The van der Waals surface area contributed by atoms with Gasteiger partial charge in [0.05, 0.1) is 11.6 Å². The number of aliphatic hydroxyl groups excluding tert-OH is 1. The van der Waals surface area contributed by atoms with Crippen molar-refractivity contribution >= 4 is 17.8 Å². The minimum Gasteiger partial charge on any atom is -0.479 e. The van der Waals surface area contributed by atoms with Crippen LogP contribution in [0.2, 0.25) is 0 Å². The van der Waals surface area contributed by atoms with E-state index >= 15 is 0 Å². The second kappa shape index (κ2) is 8.02. The number of aromatic carboxylic acids is 1. The number of nitrogens with one attached hydrogen (secondary N) is 1. The van der Waals surface area contributed by atoms with Crippen LogP contribution in [0.3, 0.4) is 0 Å². The third-order valence-corrected chi connectivity index (χ3v) is 3.49. The lowest BCUT2D eigenvalue weighted by molar-refractivity contribution is -0.148. The molecule has 0 bridgehead atoms. The highest BCUT2D eigenvalue weighted by Crippen LogP contribution is 2.09. The molecule has 25 heavy (non-hydrogen) atoms. The Morgan fingerprint density at radius 3 is 2.24 bits per heavy atom. The SMILES string of the molecule is O=C(NC(Cc1ccccc1)[C@@H](O)C(=O)O)c1ccc(C(=O)O)nc1. The summed E-state index contributed by atoms with van der Waals surface area (Å²) < 4.78 is 0. The molecular weight excluding hydrogens is 328 g/mol. The number of carboxylic acid groups (broad SMARTS) is 2. The molecule has 8 heteroatoms. The summed E-state index contributed by atoms with van der Waals surface area (Å²) >= 11 is 0. The molecule has 1 aromatic carbocycles. The highest BCUT2D eigenvalue weighted by molar-refractivity contribution is 5.95. The van der Waals surface area contributed by atoms with Gasteiger partial charge in [-0.25, -0.2) is 14.6 Å². The van der Waals surface area contributed by atoms with E-state index in [1.54, 1.807) is 30.3 Å². The van der Waals surface area contributed by atoms with E-state index in [9.17, 15) is 19.5 Å². The molecule has 0 spiro atoms. The van der Waals surface area contributed by atoms with Crippen molar-refractivity contribution in [2.24, 2.45) is 0 Å². The average Bonchev–Trinajstić information content (AvgIpc) is 2.61. The fraction of sp³-hybridized carbons (Fsp3) is 0.176. The lowest BCUT2D eigenvalue weighted by Gasteiger charge is -2.21. The maximum atomic E-state index is 12.3. The molecule has 1 heterocycles. The van der Waals surface area contributed by atoms with Crippen molar-refractivity contribution in [3.8, 4) is 0 Å². The molecule has 8 nitrogen and oxygen atoms in total. The highest BCUT2D eigenvalue weighted by Gasteiger charge is 2.28. The highest BCUT2D eigenvalue weighted by atomic mass is 16.4. The smallest absolute Gasteiger partial charge is 0.354 e. The zero-order chi connectivity index (χ0) is 18.4. The number of carbonyl (C=O) groups is 3. The van der Waals surface area contributed by atoms with Crippen molar-refractivity contribution in [3.05, 3.63) is 65.5 Å². The van der Waals surface area contributed by atoms with Crippen molar-refractivity contribution in [2.75, 3.05) is 0 Å². The number of carboxylic acids is 2. The molecule has 2 rings (SSSR count). The van der Waals surface area contributed by atoms with E-state index in [-0.39, 0.29) is 17.7 Å². The number of aliphatic carboxylic acids is 1. The summed E-state index contributed by atoms with van der Waals surface area (Å²) in [6.45, 7) is 0. The van der Waals surface area contributed by atoms with Crippen LogP contribution in [0.15, 0.2) is 48.7 Å². The Balaban J connectivity index is 2.16. The van der Waals surface area contributed by atoms with E-state index in [0.29, 0.717) is 0 Å². The van der Waals surface area contributed by atoms with E-state index in [1.165, 1.54) is 6.07 Å². The van der Waals surface area contributed by atoms with Gasteiger partial charge in [-0.2, -0.15) is 0 Å². The van der Waals surface area contributed by atoms with E-state index in [0.717, 1.165) is 17.8 Å². The molecule has 0 saturated carbocycles. The Bertz CT molecular complexity index is 760. The predicted octanol–water partition coefficient (Wildman–Crippen LogP) is 0.566. The summed E-state index contributed by atoms with van der Waals surface area (Å²) in [6, 6.07) is 10.2. The molecule has 1 amide bonds. The number of hydrogen-bond donors (Lipinski definition) is 4. The van der Waals surface area contributed by atoms with Crippen molar-refractivity contribution in [3.63, 3.8) is 0 Å². The molecule has 4 N–H and O–H groups in total. The van der Waals surface area contributed by atoms with Gasteiger partial charge in [0.15, 0.2) is 6.10 Å². The summed E-state index contributed by atoms with van der Waals surface area (Å²) in [5, 5.41) is 30.1. The topological polar surface area (TPSA) is 137 Å². The number of benzene rings is 1. The Morgan fingerprint density at radius 2 is 1.72 bits per heavy atom. The van der Waals surface area contributed by atoms with Gasteiger partial charge in [-0.3, -0.25) is 4.79 Å². The van der Waals surface area contributed by atoms with Crippen LogP contribution in [0.5, 0.6) is 0 Å². The van der Waals surface area contributed by atoms with Gasteiger partial charge in [-0.1, -0.05) is 30.3 Å². The molecule has 130 valence electrons. The molecule has 0 radical (unpaired) electrons. The van der Waals surface area contributed by atoms with Gasteiger partial charge in [-0.15, -0.1) is 0 Å². The van der Waals surface area contributed by atoms with Gasteiger partial charge in [0, 0.05) is 6.20 Å². The molecule has 1 unspecified atom stereocenters. The first-order valence-corrected chi connectivity index (χ1v) is 7.33. The second-order valence-electron chi connectivity index (χ2n) is 5.29. The Hall–Kier alpha value is -3.26. The van der Waals surface area contributed by atoms with Crippen LogP contribution in [-0.2, 0) is 11.2 Å². The first-order chi connectivity index (χ1) is 11.9. The number of pyridine rings is 1. The van der Waals surface area contributed by atoms with Gasteiger partial charge in [-0.05, 0) is 24.1 Å². The van der Waals surface area contributed by atoms with E-state index in [4.69, 9.17) is 10.2 Å². The summed E-state index contributed by atoms with van der Waals surface area (Å²) in [6.07, 6.45) is -0.609. The van der Waals surface area contributed by atoms with Crippen LogP contribution >= 0.6 is 0 Å². The van der Waals surface area contributed by atoms with Gasteiger partial charge in [0.25, 0.3) is 5.91 Å². The summed E-state index contributed by atoms with van der Waals surface area (Å²) in [5.41, 5.74) is 0.580. The molecule has 0 aliphatic carbocycles. The largest absolute Gasteiger partial charge is 0.479 e. The normalized spacial score (nSPS) is 12.8. The fourth-order valence-electron chi connectivity index (χ4n) is 2.19. The predicted molar refractivity (Wildman–Crippen MR) is 86.2 cm³/mol. The number of hydrogen-bond acceptors (Lipinski definition) is 5. The average molecular weight is 344 g/mol. The van der Waals surface area contributed by atoms with Crippen molar-refractivity contribution < 1.29 is 29.7 Å². The van der Waals surface area contributed by atoms with Crippen LogP contribution in [0.25, 0.3) is 0 Å². The van der Waals surface area contributed by atoms with E-state index in [2.05, 4.69) is 10.3 Å². The summed E-state index contributed by atoms with van der Waals surface area (Å²) in [7, 11) is 0. The van der Waals surface area contributed by atoms with Crippen molar-refractivity contribution in [1.82, 2.24) is 10.3 Å². The first-order valence-electron chi connectivity index (χ1n) is 7.33. The molecule has 0 aliphatic heterocycles.